The minimum Gasteiger partial charge on any atom is -0.356 e. The number of nitrogens with one attached hydrogen (secondary N) is 1. The minimum absolute atomic E-state index is 0.0100. The van der Waals surface area contributed by atoms with Gasteiger partial charge in [-0.2, -0.15) is 0 Å². The molecule has 0 heterocycles. The number of hydrogen-bond donors (Lipinski definition) is 2. The van der Waals surface area contributed by atoms with Crippen LogP contribution in [0.4, 0.5) is 0 Å². The number of carbonyl (C=O) groups excluding carboxylic acids is 1. The Bertz CT molecular complexity index is 184. The maximum atomic E-state index is 11.3. The molecule has 0 fully saturated rings. The largest absolute Gasteiger partial charge is 0.356 e. The highest BCUT2D eigenvalue weighted by atomic mass is 16.1. The lowest BCUT2D eigenvalue weighted by Crippen LogP contribution is -2.31. The lowest BCUT2D eigenvalue weighted by atomic mass is 10.1. The first-order valence-corrected chi connectivity index (χ1v) is 4.63. The molecule has 0 aromatic carbocycles. The third-order valence-electron chi connectivity index (χ3n) is 1.84. The summed E-state index contributed by atoms with van der Waals surface area (Å²) in [6, 6.07) is 0. The van der Waals surface area contributed by atoms with Crippen molar-refractivity contribution in [2.24, 2.45) is 11.7 Å². The van der Waals surface area contributed by atoms with Gasteiger partial charge in [0.15, 0.2) is 0 Å². The van der Waals surface area contributed by atoms with Crippen LogP contribution >= 0.6 is 0 Å². The number of nitrogens with two attached hydrogens (primary N) is 1. The van der Waals surface area contributed by atoms with E-state index in [1.165, 1.54) is 0 Å². The fourth-order valence-corrected chi connectivity index (χ4v) is 0.957. The molecule has 13 heavy (non-hydrogen) atoms. The van der Waals surface area contributed by atoms with E-state index in [0.29, 0.717) is 19.5 Å². The quantitative estimate of drug-likeness (QED) is 0.464. The Hall–Kier alpha value is -1.01. The molecule has 1 atom stereocenters. The van der Waals surface area contributed by atoms with Crippen molar-refractivity contribution in [3.63, 3.8) is 0 Å². The zero-order chi connectivity index (χ0) is 10.1. The Morgan fingerprint density at radius 1 is 1.69 bits per heavy atom. The molecule has 3 heteroatoms. The third kappa shape index (κ3) is 6.18. The number of rotatable bonds is 6. The van der Waals surface area contributed by atoms with Crippen LogP contribution in [0, 0.1) is 18.3 Å². The van der Waals surface area contributed by atoms with E-state index in [2.05, 4.69) is 11.2 Å². The van der Waals surface area contributed by atoms with Crippen molar-refractivity contribution < 1.29 is 4.79 Å². The highest BCUT2D eigenvalue weighted by molar-refractivity contribution is 5.78. The molecule has 0 aromatic heterocycles. The molecule has 0 radical (unpaired) electrons. The van der Waals surface area contributed by atoms with Gasteiger partial charge in [-0.05, 0) is 19.4 Å². The highest BCUT2D eigenvalue weighted by Crippen LogP contribution is 1.99. The molecular weight excluding hydrogens is 164 g/mol. The molecule has 0 aliphatic carbocycles. The van der Waals surface area contributed by atoms with Gasteiger partial charge in [0, 0.05) is 18.9 Å². The lowest BCUT2D eigenvalue weighted by molar-refractivity contribution is -0.124. The molecule has 0 saturated heterocycles. The molecule has 0 aromatic rings. The molecule has 0 saturated carbocycles. The van der Waals surface area contributed by atoms with E-state index in [-0.39, 0.29) is 11.8 Å². The van der Waals surface area contributed by atoms with Gasteiger partial charge in [-0.15, -0.1) is 12.3 Å². The van der Waals surface area contributed by atoms with Crippen molar-refractivity contribution in [2.45, 2.75) is 26.2 Å². The Labute approximate surface area is 80.1 Å². The van der Waals surface area contributed by atoms with Crippen LogP contribution in [-0.4, -0.2) is 19.0 Å². The van der Waals surface area contributed by atoms with Crippen LogP contribution in [0.5, 0.6) is 0 Å². The smallest absolute Gasteiger partial charge is 0.222 e. The van der Waals surface area contributed by atoms with Gasteiger partial charge in [-0.3, -0.25) is 4.79 Å². The molecule has 3 N–H and O–H groups in total. The fraction of sp³-hybridized carbons (Fsp3) is 0.700. The second kappa shape index (κ2) is 7.63. The van der Waals surface area contributed by atoms with Crippen LogP contribution in [0.3, 0.4) is 0 Å². The van der Waals surface area contributed by atoms with E-state index in [0.717, 1.165) is 12.8 Å². The number of hydrogen-bond acceptors (Lipinski definition) is 2. The van der Waals surface area contributed by atoms with E-state index in [1.807, 2.05) is 6.92 Å². The lowest BCUT2D eigenvalue weighted by Gasteiger charge is -2.09. The highest BCUT2D eigenvalue weighted by Gasteiger charge is 2.09. The zero-order valence-electron chi connectivity index (χ0n) is 8.18. The van der Waals surface area contributed by atoms with Gasteiger partial charge in [0.1, 0.15) is 0 Å². The van der Waals surface area contributed by atoms with E-state index in [4.69, 9.17) is 12.2 Å². The summed E-state index contributed by atoms with van der Waals surface area (Å²) in [5, 5.41) is 2.81. The van der Waals surface area contributed by atoms with Gasteiger partial charge in [-0.25, -0.2) is 0 Å². The van der Waals surface area contributed by atoms with Crippen molar-refractivity contribution >= 4 is 5.91 Å². The topological polar surface area (TPSA) is 55.1 Å². The van der Waals surface area contributed by atoms with Crippen LogP contribution in [-0.2, 0) is 4.79 Å². The van der Waals surface area contributed by atoms with Crippen molar-refractivity contribution in [2.75, 3.05) is 13.1 Å². The Morgan fingerprint density at radius 2 is 2.38 bits per heavy atom. The summed E-state index contributed by atoms with van der Waals surface area (Å²) in [6.45, 7) is 3.10. The van der Waals surface area contributed by atoms with Crippen molar-refractivity contribution in [3.8, 4) is 12.3 Å². The second-order valence-corrected chi connectivity index (χ2v) is 3.08. The van der Waals surface area contributed by atoms with Crippen LogP contribution in [0.2, 0.25) is 0 Å². The standard InChI is InChI=1S/C10H18N2O/c1-3-4-5-8-12-10(13)9(2)6-7-11/h1,9H,4-8,11H2,2H3,(H,12,13). The molecule has 0 aliphatic heterocycles. The Balaban J connectivity index is 3.45. The molecule has 1 unspecified atom stereocenters. The van der Waals surface area contributed by atoms with Crippen LogP contribution in [0.1, 0.15) is 26.2 Å². The predicted octanol–water partition coefficient (Wildman–Crippen LogP) is 0.501. The average molecular weight is 182 g/mol. The Kier molecular flexibility index (Phi) is 7.04. The molecule has 0 aliphatic rings. The number of amides is 1. The summed E-state index contributed by atoms with van der Waals surface area (Å²) in [4.78, 5) is 11.3. The average Bonchev–Trinajstić information content (AvgIpc) is 2.12. The normalized spacial score (nSPS) is 11.8. The Morgan fingerprint density at radius 3 is 2.92 bits per heavy atom. The van der Waals surface area contributed by atoms with E-state index in [1.54, 1.807) is 0 Å². The van der Waals surface area contributed by atoms with E-state index < -0.39 is 0 Å². The monoisotopic (exact) mass is 182 g/mol. The number of carbonyl (C=O) groups is 1. The summed E-state index contributed by atoms with van der Waals surface area (Å²) >= 11 is 0. The first kappa shape index (κ1) is 12.0. The number of terminal acetylenes is 1. The van der Waals surface area contributed by atoms with Crippen molar-refractivity contribution in [1.82, 2.24) is 5.32 Å². The maximum Gasteiger partial charge on any atom is 0.222 e. The number of unbranched alkanes of at least 4 members (excludes halogenated alkanes) is 1. The predicted molar refractivity (Wildman–Crippen MR) is 53.9 cm³/mol. The summed E-state index contributed by atoms with van der Waals surface area (Å²) < 4.78 is 0. The minimum atomic E-state index is 0.0100. The first-order valence-electron chi connectivity index (χ1n) is 4.63. The molecule has 0 spiro atoms. The van der Waals surface area contributed by atoms with Gasteiger partial charge < -0.3 is 11.1 Å². The van der Waals surface area contributed by atoms with Crippen LogP contribution < -0.4 is 11.1 Å². The third-order valence-corrected chi connectivity index (χ3v) is 1.84. The van der Waals surface area contributed by atoms with Gasteiger partial charge >= 0.3 is 0 Å². The summed E-state index contributed by atoms with van der Waals surface area (Å²) in [5.41, 5.74) is 5.34. The summed E-state index contributed by atoms with van der Waals surface area (Å²) in [6.07, 6.45) is 7.37. The first-order chi connectivity index (χ1) is 6.22. The molecule has 1 amide bonds. The molecule has 74 valence electrons. The van der Waals surface area contributed by atoms with Gasteiger partial charge in [-0.1, -0.05) is 6.92 Å². The van der Waals surface area contributed by atoms with Crippen LogP contribution in [0.25, 0.3) is 0 Å². The van der Waals surface area contributed by atoms with Crippen LogP contribution in [0.15, 0.2) is 0 Å². The molecular formula is C10H18N2O. The van der Waals surface area contributed by atoms with Gasteiger partial charge in [0.05, 0.1) is 0 Å². The zero-order valence-corrected chi connectivity index (χ0v) is 8.18. The van der Waals surface area contributed by atoms with E-state index >= 15 is 0 Å². The van der Waals surface area contributed by atoms with Gasteiger partial charge in [0.25, 0.3) is 0 Å². The van der Waals surface area contributed by atoms with E-state index in [9.17, 15) is 4.79 Å². The summed E-state index contributed by atoms with van der Waals surface area (Å²) in [7, 11) is 0. The summed E-state index contributed by atoms with van der Waals surface area (Å²) in [5.74, 6) is 2.61. The fourth-order valence-electron chi connectivity index (χ4n) is 0.957. The van der Waals surface area contributed by atoms with Crippen molar-refractivity contribution in [3.05, 3.63) is 0 Å². The van der Waals surface area contributed by atoms with Gasteiger partial charge in [0.2, 0.25) is 5.91 Å². The molecule has 3 nitrogen and oxygen atoms in total. The van der Waals surface area contributed by atoms with Crippen molar-refractivity contribution in [1.29, 1.82) is 0 Å². The molecule has 0 rings (SSSR count). The SMILES string of the molecule is C#CCCCNC(=O)C(C)CCN. The second-order valence-electron chi connectivity index (χ2n) is 3.08. The molecule has 0 bridgehead atoms. The maximum absolute atomic E-state index is 11.3.